The van der Waals surface area contributed by atoms with E-state index in [-0.39, 0.29) is 41.2 Å². The zero-order valence-corrected chi connectivity index (χ0v) is 32.9. The number of para-hydroxylation sites is 1. The minimum absolute atomic E-state index is 0.00458. The Morgan fingerprint density at radius 2 is 1.78 bits per heavy atom. The summed E-state index contributed by atoms with van der Waals surface area (Å²) in [5.74, 6) is 0.0710. The smallest absolute Gasteiger partial charge is 0.348 e. The van der Waals surface area contributed by atoms with Crippen molar-refractivity contribution in [1.29, 1.82) is 0 Å². The predicted octanol–water partition coefficient (Wildman–Crippen LogP) is 7.65. The number of aromatic nitrogens is 2. The quantitative estimate of drug-likeness (QED) is 0.0890. The number of phenols is 1. The zero-order chi connectivity index (χ0) is 41.3. The van der Waals surface area contributed by atoms with Crippen LogP contribution in [0.15, 0.2) is 92.4 Å². The number of esters is 1. The molecular weight excluding hydrogens is 741 g/mol. The molecule has 0 bridgehead atoms. The van der Waals surface area contributed by atoms with Crippen LogP contribution in [0.2, 0.25) is 0 Å². The number of ether oxygens (including phenoxy) is 3. The van der Waals surface area contributed by atoms with Gasteiger partial charge in [0, 0.05) is 22.1 Å². The molecule has 1 unspecified atom stereocenters. The maximum absolute atomic E-state index is 13.0. The number of fused-ring (bicyclic) bond motifs is 8. The van der Waals surface area contributed by atoms with Gasteiger partial charge in [-0.15, -0.1) is 0 Å². The molecule has 58 heavy (non-hydrogen) atoms. The number of aliphatic hydroxyl groups is 1. The Labute approximate surface area is 332 Å². The summed E-state index contributed by atoms with van der Waals surface area (Å²) in [5, 5.41) is 33.0. The number of rotatable bonds is 5. The topological polar surface area (TPSA) is 171 Å². The number of cyclic esters (lactones) is 1. The summed E-state index contributed by atoms with van der Waals surface area (Å²) in [6, 6.07) is 17.5. The van der Waals surface area contributed by atoms with Crippen molar-refractivity contribution in [1.82, 2.24) is 9.55 Å². The molecule has 6 heterocycles. The highest BCUT2D eigenvalue weighted by atomic mass is 16.6. The van der Waals surface area contributed by atoms with Gasteiger partial charge in [0.05, 0.1) is 41.7 Å². The van der Waals surface area contributed by atoms with Crippen LogP contribution >= 0.6 is 0 Å². The normalized spacial score (nSPS) is 16.9. The lowest BCUT2D eigenvalue weighted by Crippen LogP contribution is -2.44. The molecule has 3 aromatic heterocycles. The van der Waals surface area contributed by atoms with Gasteiger partial charge in [0.25, 0.3) is 5.56 Å². The Morgan fingerprint density at radius 1 is 1.03 bits per heavy atom. The molecule has 0 saturated heterocycles. The van der Waals surface area contributed by atoms with Crippen molar-refractivity contribution < 1.29 is 38.7 Å². The lowest BCUT2D eigenvalue weighted by Gasteiger charge is -2.31. The van der Waals surface area contributed by atoms with Gasteiger partial charge >= 0.3 is 11.6 Å². The Bertz CT molecular complexity index is 2880. The molecule has 0 saturated carbocycles. The highest BCUT2D eigenvalue weighted by Gasteiger charge is 2.45. The lowest BCUT2D eigenvalue weighted by molar-refractivity contribution is -0.172. The Hall–Kier alpha value is -6.66. The number of carbonyl (C=O) groups is 1. The minimum atomic E-state index is -1.79. The monoisotopic (exact) mass is 782 g/mol. The first kappa shape index (κ1) is 38.2. The van der Waals surface area contributed by atoms with Crippen molar-refractivity contribution in [2.75, 3.05) is 7.11 Å². The number of nitrogens with zero attached hydrogens (tertiary/aromatic N) is 2. The van der Waals surface area contributed by atoms with E-state index in [0.29, 0.717) is 57.8 Å². The van der Waals surface area contributed by atoms with Crippen LogP contribution in [0.5, 0.6) is 23.0 Å². The summed E-state index contributed by atoms with van der Waals surface area (Å²) in [5.41, 5.74) is 3.67. The van der Waals surface area contributed by atoms with E-state index in [4.69, 9.17) is 23.6 Å². The number of aromatic hydroxyl groups is 2. The molecule has 3 aromatic carbocycles. The summed E-state index contributed by atoms with van der Waals surface area (Å²) in [7, 11) is 1.52. The molecule has 1 atom stereocenters. The van der Waals surface area contributed by atoms with E-state index in [1.54, 1.807) is 29.7 Å². The van der Waals surface area contributed by atoms with Crippen LogP contribution in [0.3, 0.4) is 0 Å². The Morgan fingerprint density at radius 3 is 2.48 bits per heavy atom. The minimum Gasteiger partial charge on any atom is -0.508 e. The van der Waals surface area contributed by atoms with Gasteiger partial charge in [-0.25, -0.2) is 14.6 Å². The first-order valence-corrected chi connectivity index (χ1v) is 18.9. The van der Waals surface area contributed by atoms with Crippen LogP contribution in [-0.2, 0) is 34.7 Å². The number of allylic oxidation sites excluding steroid dienone is 2. The number of methoxy groups -OCH3 is 1. The maximum Gasteiger partial charge on any atom is 0.348 e. The average Bonchev–Trinajstić information content (AvgIpc) is 3.55. The fraction of sp³-hybridized carbons (Fsp3) is 0.261. The third-order valence-electron chi connectivity index (χ3n) is 10.9. The third kappa shape index (κ3) is 6.20. The molecule has 12 nitrogen and oxygen atoms in total. The standard InChI is InChI=1S/C26H26O6.C20H16N2O4/c1-14(2)6-11-17-22-18(12-13-26(3,4)32-22)24-20(23(17)30-5)21(28)19(25(29)31-24)15-7-9-16(27)10-8-15;1-2-20(25)14-8-16-17-12(7-11-5-3-4-6-15(11)21-17)9-22(16)18(23)13(14)10-26-19(20)24/h6-10,12-13,27-28H,11H2,1-5H3;3-8,25H,2,9-10H2,1H3. The fourth-order valence-electron chi connectivity index (χ4n) is 7.82. The second kappa shape index (κ2) is 14.1. The largest absolute Gasteiger partial charge is 0.508 e. The van der Waals surface area contributed by atoms with Crippen LogP contribution in [-0.4, -0.2) is 43.6 Å². The molecule has 12 heteroatoms. The molecule has 3 aliphatic heterocycles. The molecular formula is C46H42N2O10. The number of pyridine rings is 2. The summed E-state index contributed by atoms with van der Waals surface area (Å²) >= 11 is 0. The fourth-order valence-corrected chi connectivity index (χ4v) is 7.82. The summed E-state index contributed by atoms with van der Waals surface area (Å²) in [6.07, 6.45) is 6.45. The van der Waals surface area contributed by atoms with Gasteiger partial charge < -0.3 is 38.5 Å². The van der Waals surface area contributed by atoms with Crippen LogP contribution < -0.4 is 20.7 Å². The summed E-state index contributed by atoms with van der Waals surface area (Å²) in [4.78, 5) is 42.8. The molecule has 0 spiro atoms. The van der Waals surface area contributed by atoms with Gasteiger partial charge in [-0.3, -0.25) is 4.79 Å². The van der Waals surface area contributed by atoms with Crippen molar-refractivity contribution in [3.63, 3.8) is 0 Å². The van der Waals surface area contributed by atoms with E-state index in [1.165, 1.54) is 19.2 Å². The van der Waals surface area contributed by atoms with E-state index in [0.717, 1.165) is 33.3 Å². The highest BCUT2D eigenvalue weighted by molar-refractivity contribution is 6.02. The van der Waals surface area contributed by atoms with Gasteiger partial charge in [-0.1, -0.05) is 48.9 Å². The van der Waals surface area contributed by atoms with E-state index in [1.807, 2.05) is 70.2 Å². The molecule has 0 aliphatic carbocycles. The second-order valence-corrected chi connectivity index (χ2v) is 15.4. The predicted molar refractivity (Wildman–Crippen MR) is 219 cm³/mol. The van der Waals surface area contributed by atoms with E-state index < -0.39 is 22.8 Å². The number of hydrogen-bond acceptors (Lipinski definition) is 11. The van der Waals surface area contributed by atoms with Crippen molar-refractivity contribution in [2.24, 2.45) is 0 Å². The van der Waals surface area contributed by atoms with Crippen molar-refractivity contribution in [3.8, 4) is 45.5 Å². The lowest BCUT2D eigenvalue weighted by atomic mass is 9.86. The van der Waals surface area contributed by atoms with Crippen molar-refractivity contribution in [2.45, 2.75) is 71.8 Å². The summed E-state index contributed by atoms with van der Waals surface area (Å²) < 4.78 is 24.5. The zero-order valence-electron chi connectivity index (χ0n) is 32.9. The Balaban J connectivity index is 0.000000165. The van der Waals surface area contributed by atoms with E-state index in [9.17, 15) is 29.7 Å². The number of phenolic OH excluding ortho intramolecular Hbond substituents is 1. The molecule has 0 fully saturated rings. The molecule has 296 valence electrons. The highest BCUT2D eigenvalue weighted by Crippen LogP contribution is 2.49. The number of carbonyl (C=O) groups excluding carboxylic acids is 1. The first-order valence-electron chi connectivity index (χ1n) is 18.9. The van der Waals surface area contributed by atoms with Crippen LogP contribution in [0.25, 0.3) is 50.5 Å². The van der Waals surface area contributed by atoms with Gasteiger partial charge in [0.15, 0.2) is 11.2 Å². The van der Waals surface area contributed by atoms with E-state index >= 15 is 0 Å². The molecule has 3 aliphatic rings. The molecule has 0 radical (unpaired) electrons. The molecule has 6 aromatic rings. The van der Waals surface area contributed by atoms with Gasteiger partial charge in [-0.2, -0.15) is 0 Å². The molecule has 3 N–H and O–H groups in total. The van der Waals surface area contributed by atoms with Crippen LogP contribution in [0.1, 0.15) is 68.9 Å². The summed E-state index contributed by atoms with van der Waals surface area (Å²) in [6.45, 7) is 9.90. The number of hydrogen-bond donors (Lipinski definition) is 3. The van der Waals surface area contributed by atoms with Crippen LogP contribution in [0.4, 0.5) is 0 Å². The van der Waals surface area contributed by atoms with Gasteiger partial charge in [0.2, 0.25) is 0 Å². The number of benzene rings is 3. The van der Waals surface area contributed by atoms with Gasteiger partial charge in [0.1, 0.15) is 46.2 Å². The maximum atomic E-state index is 13.0. The van der Waals surface area contributed by atoms with Crippen molar-refractivity contribution >= 4 is 33.9 Å². The molecule has 0 amide bonds. The second-order valence-electron chi connectivity index (χ2n) is 15.4. The van der Waals surface area contributed by atoms with Gasteiger partial charge in [-0.05, 0) is 88.6 Å². The first-order chi connectivity index (χ1) is 27.7. The molecule has 9 rings (SSSR count). The Kier molecular flexibility index (Phi) is 9.27. The SMILES string of the molecule is CCC1(O)C(=O)OCc2c1cc1n(c2=O)Cc2cc3ccccc3nc2-1.COc1c(CC=C(C)C)c2c(c3oc(=O)c(-c4ccc(O)cc4)c(O)c13)C=CC(C)(C)O2. The van der Waals surface area contributed by atoms with Crippen LogP contribution in [0, 0.1) is 0 Å². The average molecular weight is 783 g/mol. The van der Waals surface area contributed by atoms with E-state index in [2.05, 4.69) is 6.08 Å². The van der Waals surface area contributed by atoms with Crippen molar-refractivity contribution in [3.05, 3.63) is 127 Å². The third-order valence-corrected chi connectivity index (χ3v) is 10.9.